The molecule has 0 aromatic heterocycles. The van der Waals surface area contributed by atoms with Crippen molar-refractivity contribution in [1.29, 1.82) is 0 Å². The minimum Gasteiger partial charge on any atom is -0.494 e. The summed E-state index contributed by atoms with van der Waals surface area (Å²) in [7, 11) is 3.90. The van der Waals surface area contributed by atoms with Crippen LogP contribution < -0.4 is 10.1 Å². The maximum absolute atomic E-state index is 12.1. The zero-order chi connectivity index (χ0) is 18.8. The summed E-state index contributed by atoms with van der Waals surface area (Å²) in [6.45, 7) is 4.10. The molecule has 2 atom stereocenters. The van der Waals surface area contributed by atoms with Crippen molar-refractivity contribution >= 4 is 39.2 Å². The highest BCUT2D eigenvalue weighted by Gasteiger charge is 2.19. The Balaban J connectivity index is 1.64. The molecule has 0 unspecified atom stereocenters. The number of carbonyl (C=O) groups is 2. The van der Waals surface area contributed by atoms with Gasteiger partial charge in [-0.25, -0.2) is 0 Å². The minimum absolute atomic E-state index is 0.312. The molecule has 7 heteroatoms. The lowest BCUT2D eigenvalue weighted by molar-refractivity contribution is -0.153. The molecule has 0 saturated carbocycles. The third-order valence-electron chi connectivity index (χ3n) is 3.99. The van der Waals surface area contributed by atoms with Crippen LogP contribution in [0.3, 0.4) is 0 Å². The Hall–Kier alpha value is -1.34. The second kappa shape index (κ2) is 11.4. The maximum atomic E-state index is 12.1. The number of nitrogens with one attached hydrogen (secondary N) is 1. The summed E-state index contributed by atoms with van der Waals surface area (Å²) in [6.07, 6.45) is 3.82. The van der Waals surface area contributed by atoms with Crippen LogP contribution in [0.1, 0.15) is 46.0 Å². The van der Waals surface area contributed by atoms with Crippen molar-refractivity contribution in [2.75, 3.05) is 17.7 Å². The maximum Gasteiger partial charge on any atom is 0.306 e. The van der Waals surface area contributed by atoms with Gasteiger partial charge in [-0.05, 0) is 57.4 Å². The van der Waals surface area contributed by atoms with Crippen LogP contribution in [0, 0.1) is 0 Å². The molecule has 1 saturated heterocycles. The number of ether oxygens (including phenoxy) is 2. The van der Waals surface area contributed by atoms with Crippen LogP contribution in [-0.2, 0) is 14.3 Å². The Morgan fingerprint density at radius 3 is 2.69 bits per heavy atom. The topological polar surface area (TPSA) is 64.6 Å². The van der Waals surface area contributed by atoms with Crippen LogP contribution in [0.15, 0.2) is 24.3 Å². The van der Waals surface area contributed by atoms with Crippen molar-refractivity contribution in [2.45, 2.75) is 57.3 Å². The lowest BCUT2D eigenvalue weighted by atomic mass is 10.1. The number of anilines is 1. The molecule has 26 heavy (non-hydrogen) atoms. The molecule has 1 aromatic rings. The van der Waals surface area contributed by atoms with Crippen LogP contribution in [0.4, 0.5) is 5.69 Å². The van der Waals surface area contributed by atoms with Gasteiger partial charge in [-0.15, -0.1) is 0 Å². The van der Waals surface area contributed by atoms with Crippen molar-refractivity contribution < 1.29 is 19.1 Å². The molecule has 144 valence electrons. The SMILES string of the molecule is CCOc1ccc(NC(=O)[C@@H](C)OC(=O)CCCC[C@@H]2CCSS2)cc1. The van der Waals surface area contributed by atoms with Crippen molar-refractivity contribution in [3.05, 3.63) is 24.3 Å². The first-order chi connectivity index (χ1) is 12.6. The van der Waals surface area contributed by atoms with Crippen LogP contribution in [0.2, 0.25) is 0 Å². The number of unbranched alkanes of at least 4 members (excludes halogenated alkanes) is 1. The Morgan fingerprint density at radius 1 is 1.27 bits per heavy atom. The van der Waals surface area contributed by atoms with E-state index in [9.17, 15) is 9.59 Å². The molecule has 1 aliphatic heterocycles. The molecule has 1 aliphatic rings. The number of rotatable bonds is 10. The fraction of sp³-hybridized carbons (Fsp3) is 0.579. The van der Waals surface area contributed by atoms with Crippen molar-refractivity contribution in [3.63, 3.8) is 0 Å². The summed E-state index contributed by atoms with van der Waals surface area (Å²) in [4.78, 5) is 24.0. The van der Waals surface area contributed by atoms with Gasteiger partial charge in [0, 0.05) is 23.1 Å². The quantitative estimate of drug-likeness (QED) is 0.352. The smallest absolute Gasteiger partial charge is 0.306 e. The number of esters is 1. The molecular formula is C19H27NO4S2. The van der Waals surface area contributed by atoms with Gasteiger partial charge in [-0.3, -0.25) is 9.59 Å². The molecule has 0 spiro atoms. The Labute approximate surface area is 163 Å². The fourth-order valence-electron chi connectivity index (χ4n) is 2.56. The number of hydrogen-bond acceptors (Lipinski definition) is 6. The first-order valence-electron chi connectivity index (χ1n) is 9.10. The molecule has 0 radical (unpaired) electrons. The van der Waals surface area contributed by atoms with E-state index in [-0.39, 0.29) is 11.9 Å². The number of carbonyl (C=O) groups excluding carboxylic acids is 2. The van der Waals surface area contributed by atoms with Crippen molar-refractivity contribution in [2.24, 2.45) is 0 Å². The molecule has 1 fully saturated rings. The summed E-state index contributed by atoms with van der Waals surface area (Å²) in [5.74, 6) is 1.34. The van der Waals surface area contributed by atoms with E-state index in [0.717, 1.165) is 30.3 Å². The molecular weight excluding hydrogens is 370 g/mol. The molecule has 0 bridgehead atoms. The van der Waals surface area contributed by atoms with E-state index in [4.69, 9.17) is 9.47 Å². The summed E-state index contributed by atoms with van der Waals surface area (Å²) in [5, 5.41) is 3.48. The zero-order valence-corrected chi connectivity index (χ0v) is 17.0. The van der Waals surface area contributed by atoms with Crippen molar-refractivity contribution in [1.82, 2.24) is 0 Å². The summed E-state index contributed by atoms with van der Waals surface area (Å²) < 4.78 is 10.6. The Kier molecular flexibility index (Phi) is 9.18. The second-order valence-corrected chi connectivity index (χ2v) is 8.94. The number of hydrogen-bond donors (Lipinski definition) is 1. The summed E-state index contributed by atoms with van der Waals surface area (Å²) in [6, 6.07) is 7.10. The third kappa shape index (κ3) is 7.50. The highest BCUT2D eigenvalue weighted by atomic mass is 33.1. The fourth-order valence-corrected chi connectivity index (χ4v) is 5.59. The highest BCUT2D eigenvalue weighted by Crippen LogP contribution is 2.39. The molecule has 0 aliphatic carbocycles. The van der Waals surface area contributed by atoms with Crippen LogP contribution in [0.5, 0.6) is 5.75 Å². The average Bonchev–Trinajstić information content (AvgIpc) is 3.14. The predicted molar refractivity (Wildman–Crippen MR) is 109 cm³/mol. The third-order valence-corrected chi connectivity index (χ3v) is 7.00. The normalized spacial score (nSPS) is 17.5. The predicted octanol–water partition coefficient (Wildman–Crippen LogP) is 4.67. The van der Waals surface area contributed by atoms with E-state index in [1.54, 1.807) is 31.2 Å². The summed E-state index contributed by atoms with van der Waals surface area (Å²) >= 11 is 0. The standard InChI is InChI=1S/C19H27NO4S2/c1-3-23-16-10-8-15(9-11-16)20-19(22)14(2)24-18(21)7-5-4-6-17-12-13-25-26-17/h8-11,14,17H,3-7,12-13H2,1-2H3,(H,20,22)/t14-,17-/m1/s1. The molecule has 1 aromatic carbocycles. The summed E-state index contributed by atoms with van der Waals surface area (Å²) in [5.41, 5.74) is 0.647. The van der Waals surface area contributed by atoms with E-state index < -0.39 is 6.10 Å². The van der Waals surface area contributed by atoms with E-state index in [1.807, 2.05) is 28.5 Å². The Bertz CT molecular complexity index is 573. The molecule has 5 nitrogen and oxygen atoms in total. The van der Waals surface area contributed by atoms with Gasteiger partial charge in [0.2, 0.25) is 0 Å². The van der Waals surface area contributed by atoms with Gasteiger partial charge < -0.3 is 14.8 Å². The first-order valence-corrected chi connectivity index (χ1v) is 11.5. The number of amides is 1. The van der Waals surface area contributed by atoms with E-state index in [2.05, 4.69) is 5.32 Å². The van der Waals surface area contributed by atoms with E-state index >= 15 is 0 Å². The van der Waals surface area contributed by atoms with Gasteiger partial charge in [0.05, 0.1) is 6.61 Å². The lowest BCUT2D eigenvalue weighted by Crippen LogP contribution is -2.29. The van der Waals surface area contributed by atoms with Crippen LogP contribution >= 0.6 is 21.6 Å². The van der Waals surface area contributed by atoms with Gasteiger partial charge in [0.1, 0.15) is 5.75 Å². The monoisotopic (exact) mass is 397 g/mol. The second-order valence-electron chi connectivity index (χ2n) is 6.15. The molecule has 1 amide bonds. The van der Waals surface area contributed by atoms with Gasteiger partial charge in [0.25, 0.3) is 5.91 Å². The largest absolute Gasteiger partial charge is 0.494 e. The van der Waals surface area contributed by atoms with Gasteiger partial charge >= 0.3 is 5.97 Å². The first kappa shape index (κ1) is 21.0. The highest BCUT2D eigenvalue weighted by molar-refractivity contribution is 8.77. The molecule has 2 rings (SSSR count). The van der Waals surface area contributed by atoms with E-state index in [0.29, 0.717) is 18.7 Å². The minimum atomic E-state index is -0.809. The average molecular weight is 398 g/mol. The van der Waals surface area contributed by atoms with Gasteiger partial charge in [-0.1, -0.05) is 28.0 Å². The van der Waals surface area contributed by atoms with Gasteiger partial charge in [-0.2, -0.15) is 0 Å². The lowest BCUT2D eigenvalue weighted by Gasteiger charge is -2.14. The van der Waals surface area contributed by atoms with Crippen LogP contribution in [0.25, 0.3) is 0 Å². The van der Waals surface area contributed by atoms with Crippen molar-refractivity contribution in [3.8, 4) is 5.75 Å². The zero-order valence-electron chi connectivity index (χ0n) is 15.4. The molecule has 1 heterocycles. The van der Waals surface area contributed by atoms with Crippen LogP contribution in [-0.4, -0.2) is 35.6 Å². The Morgan fingerprint density at radius 2 is 2.04 bits per heavy atom. The number of benzene rings is 1. The molecule has 1 N–H and O–H groups in total. The van der Waals surface area contributed by atoms with E-state index in [1.165, 1.54) is 12.2 Å². The van der Waals surface area contributed by atoms with Gasteiger partial charge in [0.15, 0.2) is 6.10 Å².